The van der Waals surface area contributed by atoms with Crippen molar-refractivity contribution >= 4 is 5.78 Å². The van der Waals surface area contributed by atoms with Crippen LogP contribution in [-0.4, -0.2) is 24.6 Å². The molecule has 0 aromatic heterocycles. The van der Waals surface area contributed by atoms with Crippen molar-refractivity contribution in [2.24, 2.45) is 0 Å². The molecule has 0 unspecified atom stereocenters. The molecule has 1 aromatic carbocycles. The molecule has 0 saturated carbocycles. The number of carbonyl (C=O) groups excluding carboxylic acids is 1. The Hall–Kier alpha value is -1.35. The quantitative estimate of drug-likeness (QED) is 0.781. The maximum absolute atomic E-state index is 11.1. The molecule has 0 atom stereocenters. The van der Waals surface area contributed by atoms with Gasteiger partial charge in [0.15, 0.2) is 5.78 Å². The van der Waals surface area contributed by atoms with Gasteiger partial charge in [-0.2, -0.15) is 0 Å². The van der Waals surface area contributed by atoms with E-state index in [1.807, 2.05) is 25.1 Å². The number of hydrogen-bond acceptors (Lipinski definition) is 3. The van der Waals surface area contributed by atoms with Crippen molar-refractivity contribution < 1.29 is 14.6 Å². The van der Waals surface area contributed by atoms with Gasteiger partial charge in [-0.15, -0.1) is 0 Å². The summed E-state index contributed by atoms with van der Waals surface area (Å²) in [5, 5.41) is 8.64. The van der Waals surface area contributed by atoms with Crippen LogP contribution in [0.4, 0.5) is 0 Å². The van der Waals surface area contributed by atoms with Crippen molar-refractivity contribution in [3.63, 3.8) is 0 Å². The first kappa shape index (κ1) is 10.7. The molecule has 14 heavy (non-hydrogen) atoms. The van der Waals surface area contributed by atoms with E-state index in [0.717, 1.165) is 11.1 Å². The Morgan fingerprint density at radius 2 is 2.21 bits per heavy atom. The number of benzene rings is 1. The van der Waals surface area contributed by atoms with Crippen LogP contribution in [0.1, 0.15) is 11.1 Å². The van der Waals surface area contributed by atoms with Crippen LogP contribution in [0, 0.1) is 6.92 Å². The van der Waals surface area contributed by atoms with Crippen LogP contribution < -0.4 is 4.74 Å². The molecule has 0 heterocycles. The zero-order chi connectivity index (χ0) is 10.6. The molecule has 0 aliphatic rings. The van der Waals surface area contributed by atoms with E-state index in [0.29, 0.717) is 5.75 Å². The van der Waals surface area contributed by atoms with Gasteiger partial charge in [-0.25, -0.2) is 0 Å². The Kier molecular flexibility index (Phi) is 3.65. The second-order valence-corrected chi connectivity index (χ2v) is 3.19. The third-order valence-corrected chi connectivity index (χ3v) is 2.00. The van der Waals surface area contributed by atoms with E-state index in [-0.39, 0.29) is 12.2 Å². The summed E-state index contributed by atoms with van der Waals surface area (Å²) in [4.78, 5) is 11.1. The number of methoxy groups -OCH3 is 1. The molecule has 3 nitrogen and oxygen atoms in total. The molecule has 76 valence electrons. The van der Waals surface area contributed by atoms with Crippen molar-refractivity contribution in [1.82, 2.24) is 0 Å². The Bertz CT molecular complexity index is 331. The number of rotatable bonds is 4. The average molecular weight is 194 g/mol. The highest BCUT2D eigenvalue weighted by Crippen LogP contribution is 2.20. The highest BCUT2D eigenvalue weighted by atomic mass is 16.5. The van der Waals surface area contributed by atoms with Crippen LogP contribution in [-0.2, 0) is 11.2 Å². The minimum Gasteiger partial charge on any atom is -0.496 e. The third kappa shape index (κ3) is 2.57. The molecule has 0 amide bonds. The minimum atomic E-state index is -0.420. The van der Waals surface area contributed by atoms with Crippen LogP contribution in [0.3, 0.4) is 0 Å². The number of ketones is 1. The van der Waals surface area contributed by atoms with Crippen LogP contribution >= 0.6 is 0 Å². The molecule has 1 rings (SSSR count). The monoisotopic (exact) mass is 194 g/mol. The first-order valence-corrected chi connectivity index (χ1v) is 4.43. The maximum atomic E-state index is 11.1. The van der Waals surface area contributed by atoms with Crippen LogP contribution in [0.25, 0.3) is 0 Å². The van der Waals surface area contributed by atoms with Gasteiger partial charge in [0.25, 0.3) is 0 Å². The van der Waals surface area contributed by atoms with Crippen molar-refractivity contribution in [1.29, 1.82) is 0 Å². The van der Waals surface area contributed by atoms with Gasteiger partial charge in [-0.05, 0) is 13.0 Å². The second kappa shape index (κ2) is 4.77. The van der Waals surface area contributed by atoms with E-state index in [4.69, 9.17) is 9.84 Å². The molecule has 0 aliphatic heterocycles. The lowest BCUT2D eigenvalue weighted by molar-refractivity contribution is -0.121. The smallest absolute Gasteiger partial charge is 0.162 e. The fourth-order valence-corrected chi connectivity index (χ4v) is 1.31. The molecular weight excluding hydrogens is 180 g/mol. The molecule has 1 N–H and O–H groups in total. The third-order valence-electron chi connectivity index (χ3n) is 2.00. The lowest BCUT2D eigenvalue weighted by Gasteiger charge is -2.07. The van der Waals surface area contributed by atoms with Crippen molar-refractivity contribution in [3.05, 3.63) is 29.3 Å². The highest BCUT2D eigenvalue weighted by molar-refractivity contribution is 5.82. The average Bonchev–Trinajstić information content (AvgIpc) is 2.18. The van der Waals surface area contributed by atoms with E-state index < -0.39 is 6.61 Å². The topological polar surface area (TPSA) is 46.5 Å². The summed E-state index contributed by atoms with van der Waals surface area (Å²) in [6.45, 7) is 1.53. The first-order valence-electron chi connectivity index (χ1n) is 4.43. The van der Waals surface area contributed by atoms with Crippen LogP contribution in [0.5, 0.6) is 5.75 Å². The van der Waals surface area contributed by atoms with Gasteiger partial charge >= 0.3 is 0 Å². The number of aliphatic hydroxyl groups excluding tert-OH is 1. The zero-order valence-corrected chi connectivity index (χ0v) is 8.41. The van der Waals surface area contributed by atoms with Gasteiger partial charge in [-0.3, -0.25) is 4.79 Å². The lowest BCUT2D eigenvalue weighted by Crippen LogP contribution is -2.08. The SMILES string of the molecule is COc1ccc(C)cc1CC(=O)CO. The largest absolute Gasteiger partial charge is 0.496 e. The van der Waals surface area contributed by atoms with Crippen molar-refractivity contribution in [2.75, 3.05) is 13.7 Å². The summed E-state index contributed by atoms with van der Waals surface area (Å²) in [5.74, 6) is 0.492. The van der Waals surface area contributed by atoms with E-state index in [1.165, 1.54) is 0 Å². The van der Waals surface area contributed by atoms with Crippen LogP contribution in [0.2, 0.25) is 0 Å². The van der Waals surface area contributed by atoms with Gasteiger partial charge < -0.3 is 9.84 Å². The molecule has 1 aromatic rings. The first-order chi connectivity index (χ1) is 6.67. The van der Waals surface area contributed by atoms with Crippen molar-refractivity contribution in [3.8, 4) is 5.75 Å². The summed E-state index contributed by atoms with van der Waals surface area (Å²) in [7, 11) is 1.57. The van der Waals surface area contributed by atoms with E-state index >= 15 is 0 Å². The van der Waals surface area contributed by atoms with Gasteiger partial charge in [0.2, 0.25) is 0 Å². The highest BCUT2D eigenvalue weighted by Gasteiger charge is 2.07. The summed E-state index contributed by atoms with van der Waals surface area (Å²) < 4.78 is 5.11. The molecule has 0 fully saturated rings. The Morgan fingerprint density at radius 3 is 2.79 bits per heavy atom. The number of ether oxygens (including phenoxy) is 1. The second-order valence-electron chi connectivity index (χ2n) is 3.19. The molecule has 0 saturated heterocycles. The van der Waals surface area contributed by atoms with Crippen LogP contribution in [0.15, 0.2) is 18.2 Å². The molecule has 0 aliphatic carbocycles. The molecule has 0 spiro atoms. The number of Topliss-reactive ketones (excluding diaryl/α,β-unsaturated/α-hetero) is 1. The summed E-state index contributed by atoms with van der Waals surface area (Å²) in [5.41, 5.74) is 1.90. The summed E-state index contributed by atoms with van der Waals surface area (Å²) in [6, 6.07) is 5.65. The minimum absolute atomic E-state index is 0.200. The zero-order valence-electron chi connectivity index (χ0n) is 8.41. The fourth-order valence-electron chi connectivity index (χ4n) is 1.31. The number of carbonyl (C=O) groups is 1. The summed E-state index contributed by atoms with van der Waals surface area (Å²) >= 11 is 0. The van der Waals surface area contributed by atoms with Gasteiger partial charge in [-0.1, -0.05) is 17.7 Å². The molecular formula is C11H14O3. The lowest BCUT2D eigenvalue weighted by atomic mass is 10.1. The molecule has 0 bridgehead atoms. The Morgan fingerprint density at radius 1 is 1.50 bits per heavy atom. The molecule has 0 radical (unpaired) electrons. The van der Waals surface area contributed by atoms with Gasteiger partial charge in [0.1, 0.15) is 12.4 Å². The van der Waals surface area contributed by atoms with E-state index in [2.05, 4.69) is 0 Å². The molecule has 3 heteroatoms. The van der Waals surface area contributed by atoms with Gasteiger partial charge in [0, 0.05) is 12.0 Å². The summed E-state index contributed by atoms with van der Waals surface area (Å²) in [6.07, 6.45) is 0.224. The number of aryl methyl sites for hydroxylation is 1. The van der Waals surface area contributed by atoms with E-state index in [1.54, 1.807) is 7.11 Å². The Labute approximate surface area is 83.3 Å². The van der Waals surface area contributed by atoms with E-state index in [9.17, 15) is 4.79 Å². The predicted octanol–water partition coefficient (Wildman–Crippen LogP) is 1.11. The van der Waals surface area contributed by atoms with Gasteiger partial charge in [0.05, 0.1) is 7.11 Å². The Balaban J connectivity index is 2.93. The number of hydrogen-bond donors (Lipinski definition) is 1. The maximum Gasteiger partial charge on any atom is 0.162 e. The fraction of sp³-hybridized carbons (Fsp3) is 0.364. The van der Waals surface area contributed by atoms with Crippen molar-refractivity contribution in [2.45, 2.75) is 13.3 Å². The predicted molar refractivity (Wildman–Crippen MR) is 53.5 cm³/mol. The standard InChI is InChI=1S/C11H14O3/c1-8-3-4-11(14-2)9(5-8)6-10(13)7-12/h3-5,12H,6-7H2,1-2H3. The normalized spacial score (nSPS) is 9.93. The number of aliphatic hydroxyl groups is 1.